The van der Waals surface area contributed by atoms with Crippen molar-refractivity contribution in [2.45, 2.75) is 6.92 Å². The number of carbonyl (C=O) groups is 1. The number of benzene rings is 2. The van der Waals surface area contributed by atoms with Gasteiger partial charge in [0.2, 0.25) is 5.95 Å². The van der Waals surface area contributed by atoms with Gasteiger partial charge in [-0.2, -0.15) is 0 Å². The average molecular weight is 373 g/mol. The second-order valence-electron chi connectivity index (χ2n) is 5.31. The summed E-state index contributed by atoms with van der Waals surface area (Å²) in [6.07, 6.45) is 1.51. The van der Waals surface area contributed by atoms with Crippen LogP contribution in [0.5, 0.6) is 0 Å². The summed E-state index contributed by atoms with van der Waals surface area (Å²) in [5.41, 5.74) is 2.62. The molecule has 0 saturated heterocycles. The summed E-state index contributed by atoms with van der Waals surface area (Å²) in [7, 11) is 0. The molecule has 25 heavy (non-hydrogen) atoms. The van der Waals surface area contributed by atoms with Crippen LogP contribution in [0.3, 0.4) is 0 Å². The number of halogens is 2. The molecule has 0 fully saturated rings. The predicted octanol–water partition coefficient (Wildman–Crippen LogP) is 5.09. The lowest BCUT2D eigenvalue weighted by atomic mass is 10.2. The Morgan fingerprint density at radius 1 is 1.04 bits per heavy atom. The summed E-state index contributed by atoms with van der Waals surface area (Å²) < 4.78 is 0. The number of aryl methyl sites for hydroxylation is 1. The molecule has 3 aromatic rings. The van der Waals surface area contributed by atoms with Crippen LogP contribution in [0.4, 0.5) is 17.3 Å². The summed E-state index contributed by atoms with van der Waals surface area (Å²) in [6.45, 7) is 2.01. The van der Waals surface area contributed by atoms with Crippen molar-refractivity contribution >= 4 is 46.4 Å². The number of rotatable bonds is 4. The molecule has 1 aromatic heterocycles. The largest absolute Gasteiger partial charge is 0.324 e. The molecule has 5 nitrogen and oxygen atoms in total. The van der Waals surface area contributed by atoms with Crippen molar-refractivity contribution in [3.8, 4) is 0 Å². The smallest absolute Gasteiger partial charge is 0.274 e. The standard InChI is InChI=1S/C18H14Cl2N4O/c1-11-5-7-12(8-6-11)22-18-21-10-9-15(24-18)17(25)23-14-4-2-3-13(19)16(14)20/h2-10H,1H3,(H,23,25)(H,21,22,24). The first-order valence-corrected chi connectivity index (χ1v) is 8.20. The molecule has 1 heterocycles. The van der Waals surface area contributed by atoms with Gasteiger partial charge in [0.05, 0.1) is 15.7 Å². The van der Waals surface area contributed by atoms with E-state index in [-0.39, 0.29) is 10.7 Å². The van der Waals surface area contributed by atoms with Crippen molar-refractivity contribution in [2.24, 2.45) is 0 Å². The molecule has 2 aromatic carbocycles. The number of hydrogen-bond donors (Lipinski definition) is 2. The summed E-state index contributed by atoms with van der Waals surface area (Å²) in [5.74, 6) is -0.0767. The zero-order chi connectivity index (χ0) is 17.8. The summed E-state index contributed by atoms with van der Waals surface area (Å²) in [4.78, 5) is 20.8. The molecule has 2 N–H and O–H groups in total. The van der Waals surface area contributed by atoms with Crippen molar-refractivity contribution in [1.29, 1.82) is 0 Å². The van der Waals surface area contributed by atoms with E-state index in [1.165, 1.54) is 12.3 Å². The quantitative estimate of drug-likeness (QED) is 0.669. The molecule has 3 rings (SSSR count). The predicted molar refractivity (Wildman–Crippen MR) is 101 cm³/mol. The highest BCUT2D eigenvalue weighted by Crippen LogP contribution is 2.29. The second-order valence-corrected chi connectivity index (χ2v) is 6.10. The van der Waals surface area contributed by atoms with Crippen LogP contribution in [0.25, 0.3) is 0 Å². The first-order valence-electron chi connectivity index (χ1n) is 7.45. The Hall–Kier alpha value is -2.63. The molecular weight excluding hydrogens is 359 g/mol. The minimum absolute atomic E-state index is 0.209. The first-order chi connectivity index (χ1) is 12.0. The lowest BCUT2D eigenvalue weighted by molar-refractivity contribution is 0.102. The van der Waals surface area contributed by atoms with Crippen LogP contribution in [-0.4, -0.2) is 15.9 Å². The highest BCUT2D eigenvalue weighted by atomic mass is 35.5. The van der Waals surface area contributed by atoms with Gasteiger partial charge < -0.3 is 10.6 Å². The minimum Gasteiger partial charge on any atom is -0.324 e. The number of nitrogens with one attached hydrogen (secondary N) is 2. The molecule has 0 bridgehead atoms. The third-order valence-electron chi connectivity index (χ3n) is 3.40. The third-order valence-corrected chi connectivity index (χ3v) is 4.21. The lowest BCUT2D eigenvalue weighted by Crippen LogP contribution is -2.15. The molecule has 1 amide bonds. The maximum absolute atomic E-state index is 12.4. The number of nitrogens with zero attached hydrogens (tertiary/aromatic N) is 2. The van der Waals surface area contributed by atoms with E-state index in [0.717, 1.165) is 11.3 Å². The molecule has 0 atom stereocenters. The molecule has 0 spiro atoms. The van der Waals surface area contributed by atoms with E-state index < -0.39 is 5.91 Å². The Balaban J connectivity index is 1.77. The van der Waals surface area contributed by atoms with Gasteiger partial charge in [-0.1, -0.05) is 47.0 Å². The van der Waals surface area contributed by atoms with E-state index in [1.807, 2.05) is 31.2 Å². The van der Waals surface area contributed by atoms with E-state index in [9.17, 15) is 4.79 Å². The van der Waals surface area contributed by atoms with Crippen LogP contribution in [0.2, 0.25) is 10.0 Å². The van der Waals surface area contributed by atoms with Gasteiger partial charge in [0, 0.05) is 11.9 Å². The molecule has 7 heteroatoms. The summed E-state index contributed by atoms with van der Waals surface area (Å²) in [6, 6.07) is 14.3. The van der Waals surface area contributed by atoms with Gasteiger partial charge in [0.1, 0.15) is 5.69 Å². The van der Waals surface area contributed by atoms with Gasteiger partial charge in [0.15, 0.2) is 0 Å². The zero-order valence-corrected chi connectivity index (χ0v) is 14.8. The fraction of sp³-hybridized carbons (Fsp3) is 0.0556. The lowest BCUT2D eigenvalue weighted by Gasteiger charge is -2.09. The molecule has 0 aliphatic rings. The molecule has 0 aliphatic carbocycles. The van der Waals surface area contributed by atoms with Gasteiger partial charge >= 0.3 is 0 Å². The Bertz CT molecular complexity index is 913. The number of carbonyl (C=O) groups excluding carboxylic acids is 1. The number of hydrogen-bond acceptors (Lipinski definition) is 4. The van der Waals surface area contributed by atoms with Gasteiger partial charge in [-0.3, -0.25) is 4.79 Å². The van der Waals surface area contributed by atoms with Crippen LogP contribution in [0, 0.1) is 6.92 Å². The SMILES string of the molecule is Cc1ccc(Nc2nccc(C(=O)Nc3cccc(Cl)c3Cl)n2)cc1. The first kappa shape index (κ1) is 17.2. The topological polar surface area (TPSA) is 66.9 Å². The second kappa shape index (κ2) is 7.51. The van der Waals surface area contributed by atoms with Crippen LogP contribution >= 0.6 is 23.2 Å². The molecule has 0 aliphatic heterocycles. The molecule has 126 valence electrons. The molecule has 0 unspecified atom stereocenters. The van der Waals surface area contributed by atoms with Crippen molar-refractivity contribution < 1.29 is 4.79 Å². The van der Waals surface area contributed by atoms with Crippen LogP contribution in [0.15, 0.2) is 54.7 Å². The van der Waals surface area contributed by atoms with Gasteiger partial charge in [-0.05, 0) is 37.3 Å². The van der Waals surface area contributed by atoms with Gasteiger partial charge in [-0.15, -0.1) is 0 Å². The van der Waals surface area contributed by atoms with Crippen LogP contribution < -0.4 is 10.6 Å². The highest BCUT2D eigenvalue weighted by Gasteiger charge is 2.12. The van der Waals surface area contributed by atoms with Crippen molar-refractivity contribution in [3.05, 3.63) is 76.0 Å². The number of amides is 1. The molecule has 0 saturated carbocycles. The number of aromatic nitrogens is 2. The van der Waals surface area contributed by atoms with E-state index in [1.54, 1.807) is 18.2 Å². The van der Waals surface area contributed by atoms with E-state index in [4.69, 9.17) is 23.2 Å². The normalized spacial score (nSPS) is 10.4. The Kier molecular flexibility index (Phi) is 5.16. The van der Waals surface area contributed by atoms with Crippen molar-refractivity contribution in [3.63, 3.8) is 0 Å². The maximum atomic E-state index is 12.4. The minimum atomic E-state index is -0.404. The Labute approximate surface area is 155 Å². The fourth-order valence-electron chi connectivity index (χ4n) is 2.10. The van der Waals surface area contributed by atoms with E-state index >= 15 is 0 Å². The Morgan fingerprint density at radius 3 is 2.56 bits per heavy atom. The van der Waals surface area contributed by atoms with E-state index in [2.05, 4.69) is 20.6 Å². The Morgan fingerprint density at radius 2 is 1.80 bits per heavy atom. The van der Waals surface area contributed by atoms with Crippen molar-refractivity contribution in [1.82, 2.24) is 9.97 Å². The monoisotopic (exact) mass is 372 g/mol. The summed E-state index contributed by atoms with van der Waals surface area (Å²) in [5, 5.41) is 6.40. The van der Waals surface area contributed by atoms with Gasteiger partial charge in [-0.25, -0.2) is 9.97 Å². The van der Waals surface area contributed by atoms with E-state index in [0.29, 0.717) is 16.7 Å². The van der Waals surface area contributed by atoms with Crippen LogP contribution in [-0.2, 0) is 0 Å². The van der Waals surface area contributed by atoms with Crippen LogP contribution in [0.1, 0.15) is 16.1 Å². The maximum Gasteiger partial charge on any atom is 0.274 e. The summed E-state index contributed by atoms with van der Waals surface area (Å²) >= 11 is 12.0. The van der Waals surface area contributed by atoms with Crippen molar-refractivity contribution in [2.75, 3.05) is 10.6 Å². The zero-order valence-electron chi connectivity index (χ0n) is 13.3. The molecular formula is C18H14Cl2N4O. The van der Waals surface area contributed by atoms with Gasteiger partial charge in [0.25, 0.3) is 5.91 Å². The fourth-order valence-corrected chi connectivity index (χ4v) is 2.45. The highest BCUT2D eigenvalue weighted by molar-refractivity contribution is 6.44. The third kappa shape index (κ3) is 4.26. The average Bonchev–Trinajstić information content (AvgIpc) is 2.61. The molecule has 0 radical (unpaired) electrons. The number of anilines is 3.